The van der Waals surface area contributed by atoms with E-state index in [-0.39, 0.29) is 30.3 Å². The van der Waals surface area contributed by atoms with Crippen molar-refractivity contribution in [2.24, 2.45) is 5.92 Å². The zero-order valence-corrected chi connectivity index (χ0v) is 22.5. The first kappa shape index (κ1) is 29.1. The molecule has 1 saturated carbocycles. The summed E-state index contributed by atoms with van der Waals surface area (Å²) in [5.41, 5.74) is 0.820. The molecule has 2 rings (SSSR count). The van der Waals surface area contributed by atoms with Crippen molar-refractivity contribution in [3.05, 3.63) is 54.6 Å². The summed E-state index contributed by atoms with van der Waals surface area (Å²) in [4.78, 5) is 41.8. The van der Waals surface area contributed by atoms with Crippen LogP contribution < -0.4 is 10.6 Å². The van der Waals surface area contributed by atoms with Crippen LogP contribution in [0.5, 0.6) is 0 Å². The second-order valence-corrected chi connectivity index (χ2v) is 10.8. The Morgan fingerprint density at radius 1 is 1.14 bits per heavy atom. The number of ether oxygens (including phenoxy) is 1. The van der Waals surface area contributed by atoms with E-state index in [0.717, 1.165) is 31.2 Å². The highest BCUT2D eigenvalue weighted by Gasteiger charge is 2.37. The Bertz CT molecular complexity index is 929. The predicted molar refractivity (Wildman–Crippen MR) is 144 cm³/mol. The number of nitrogens with zero attached hydrogens (tertiary/aromatic N) is 1. The predicted octanol–water partition coefficient (Wildman–Crippen LogP) is 5.38. The molecular weight excluding hydrogens is 454 g/mol. The average molecular weight is 498 g/mol. The van der Waals surface area contributed by atoms with Crippen molar-refractivity contribution in [3.63, 3.8) is 0 Å². The lowest BCUT2D eigenvalue weighted by Gasteiger charge is -2.36. The summed E-state index contributed by atoms with van der Waals surface area (Å²) in [5, 5.41) is 5.91. The van der Waals surface area contributed by atoms with Crippen LogP contribution in [-0.2, 0) is 14.3 Å². The van der Waals surface area contributed by atoms with Crippen LogP contribution in [0.4, 0.5) is 4.79 Å². The van der Waals surface area contributed by atoms with Gasteiger partial charge in [0.05, 0.1) is 0 Å². The van der Waals surface area contributed by atoms with Crippen LogP contribution >= 0.6 is 0 Å². The van der Waals surface area contributed by atoms with E-state index >= 15 is 0 Å². The number of alkyl carbamates (subject to hydrolysis) is 1. The zero-order chi connectivity index (χ0) is 26.9. The highest BCUT2D eigenvalue weighted by molar-refractivity contribution is 5.92. The number of amides is 3. The third-order valence-corrected chi connectivity index (χ3v) is 6.19. The molecule has 1 aliphatic rings. The van der Waals surface area contributed by atoms with Crippen LogP contribution in [0.25, 0.3) is 6.08 Å². The maximum absolute atomic E-state index is 13.9. The Balaban J connectivity index is 2.45. The molecule has 7 nitrogen and oxygen atoms in total. The monoisotopic (exact) mass is 497 g/mol. The smallest absolute Gasteiger partial charge is 0.408 e. The lowest BCUT2D eigenvalue weighted by molar-refractivity contribution is -0.143. The minimum Gasteiger partial charge on any atom is -0.444 e. The van der Waals surface area contributed by atoms with Crippen LogP contribution in [0.15, 0.2) is 43.5 Å². The normalized spacial score (nSPS) is 15.9. The Labute approximate surface area is 216 Å². The number of hydrogen-bond donors (Lipinski definition) is 2. The second-order valence-electron chi connectivity index (χ2n) is 10.8. The molecule has 198 valence electrons. The Kier molecular flexibility index (Phi) is 10.8. The van der Waals surface area contributed by atoms with E-state index in [1.54, 1.807) is 32.9 Å². The van der Waals surface area contributed by atoms with Crippen LogP contribution in [-0.4, -0.2) is 47.0 Å². The molecule has 1 aliphatic carbocycles. The lowest BCUT2D eigenvalue weighted by Crippen LogP contribution is -2.55. The van der Waals surface area contributed by atoms with E-state index in [1.165, 1.54) is 11.3 Å². The first-order valence-electron chi connectivity index (χ1n) is 12.9. The molecule has 2 atom stereocenters. The Morgan fingerprint density at radius 2 is 1.81 bits per heavy atom. The molecule has 1 aromatic carbocycles. The van der Waals surface area contributed by atoms with Crippen LogP contribution in [0, 0.1) is 5.92 Å². The molecule has 0 heterocycles. The Hall–Kier alpha value is -3.09. The Morgan fingerprint density at radius 3 is 2.36 bits per heavy atom. The number of nitrogens with one attached hydrogen (secondary N) is 2. The summed E-state index contributed by atoms with van der Waals surface area (Å²) in [6.45, 7) is 16.8. The number of hydrogen-bond acceptors (Lipinski definition) is 4. The largest absolute Gasteiger partial charge is 0.444 e. The van der Waals surface area contributed by atoms with E-state index in [9.17, 15) is 14.4 Å². The molecule has 36 heavy (non-hydrogen) atoms. The molecule has 0 spiro atoms. The van der Waals surface area contributed by atoms with E-state index in [1.807, 2.05) is 38.1 Å². The van der Waals surface area contributed by atoms with Crippen molar-refractivity contribution in [2.75, 3.05) is 6.54 Å². The van der Waals surface area contributed by atoms with Crippen molar-refractivity contribution < 1.29 is 19.1 Å². The summed E-state index contributed by atoms with van der Waals surface area (Å²) in [5.74, 6) is -0.847. The van der Waals surface area contributed by atoms with Gasteiger partial charge in [0.1, 0.15) is 17.7 Å². The SMILES string of the molecule is C=CCN(C(=O)C(NC(=O)OC(C)(C)C)C(C)C)C(C(=O)NC1CCCCC1)c1cccc(C=C)c1. The quantitative estimate of drug-likeness (QED) is 0.425. The zero-order valence-electron chi connectivity index (χ0n) is 22.5. The topological polar surface area (TPSA) is 87.7 Å². The minimum atomic E-state index is -0.890. The molecule has 2 N–H and O–H groups in total. The number of rotatable bonds is 10. The maximum Gasteiger partial charge on any atom is 0.408 e. The van der Waals surface area contributed by atoms with Crippen molar-refractivity contribution >= 4 is 24.0 Å². The van der Waals surface area contributed by atoms with Crippen molar-refractivity contribution in [3.8, 4) is 0 Å². The van der Waals surface area contributed by atoms with Gasteiger partial charge in [0.15, 0.2) is 0 Å². The van der Waals surface area contributed by atoms with Gasteiger partial charge in [0.25, 0.3) is 0 Å². The molecule has 1 aromatic rings. The van der Waals surface area contributed by atoms with Gasteiger partial charge in [-0.05, 0) is 56.7 Å². The molecule has 7 heteroatoms. The average Bonchev–Trinajstić information content (AvgIpc) is 2.81. The third-order valence-electron chi connectivity index (χ3n) is 6.19. The highest BCUT2D eigenvalue weighted by atomic mass is 16.6. The third kappa shape index (κ3) is 8.54. The summed E-state index contributed by atoms with van der Waals surface area (Å²) in [6, 6.07) is 5.76. The molecule has 0 bridgehead atoms. The summed E-state index contributed by atoms with van der Waals surface area (Å²) in [7, 11) is 0. The van der Waals surface area contributed by atoms with Gasteiger partial charge in [-0.25, -0.2) is 4.79 Å². The number of carbonyl (C=O) groups is 3. The molecule has 0 aromatic heterocycles. The molecule has 0 aliphatic heterocycles. The second kappa shape index (κ2) is 13.3. The molecular formula is C29H43N3O4. The van der Waals surface area contributed by atoms with Crippen LogP contribution in [0.1, 0.15) is 83.9 Å². The summed E-state index contributed by atoms with van der Waals surface area (Å²) in [6.07, 6.45) is 7.81. The van der Waals surface area contributed by atoms with Crippen molar-refractivity contribution in [1.82, 2.24) is 15.5 Å². The van der Waals surface area contributed by atoms with E-state index < -0.39 is 23.8 Å². The maximum atomic E-state index is 13.9. The van der Waals surface area contributed by atoms with Crippen molar-refractivity contribution in [1.29, 1.82) is 0 Å². The fraction of sp³-hybridized carbons (Fsp3) is 0.552. The first-order chi connectivity index (χ1) is 17.0. The van der Waals surface area contributed by atoms with Gasteiger partial charge in [-0.2, -0.15) is 0 Å². The van der Waals surface area contributed by atoms with E-state index in [2.05, 4.69) is 23.8 Å². The molecule has 3 amide bonds. The number of benzene rings is 1. The summed E-state index contributed by atoms with van der Waals surface area (Å²) >= 11 is 0. The van der Waals surface area contributed by atoms with Crippen LogP contribution in [0.2, 0.25) is 0 Å². The highest BCUT2D eigenvalue weighted by Crippen LogP contribution is 2.27. The summed E-state index contributed by atoms with van der Waals surface area (Å²) < 4.78 is 5.40. The molecule has 1 fully saturated rings. The van der Waals surface area contributed by atoms with Gasteiger partial charge in [0, 0.05) is 12.6 Å². The molecule has 0 saturated heterocycles. The fourth-order valence-electron chi connectivity index (χ4n) is 4.44. The number of carbonyl (C=O) groups excluding carboxylic acids is 3. The van der Waals surface area contributed by atoms with Crippen molar-refractivity contribution in [2.45, 2.75) is 90.4 Å². The van der Waals surface area contributed by atoms with Gasteiger partial charge in [-0.15, -0.1) is 6.58 Å². The minimum absolute atomic E-state index is 0.0813. The van der Waals surface area contributed by atoms with E-state index in [4.69, 9.17) is 4.74 Å². The lowest BCUT2D eigenvalue weighted by atomic mass is 9.94. The molecule has 2 unspecified atom stereocenters. The molecule has 0 radical (unpaired) electrons. The standard InChI is InChI=1S/C29H43N3O4/c1-8-18-32(27(34)24(20(3)4)31-28(35)36-29(5,6)7)25(22-15-13-14-21(9-2)19-22)26(33)30-23-16-11-10-12-17-23/h8-9,13-15,19-20,23-25H,1-2,10-12,16-18H2,3-7H3,(H,30,33)(H,31,35). The van der Waals surface area contributed by atoms with Gasteiger partial charge >= 0.3 is 6.09 Å². The van der Waals surface area contributed by atoms with Gasteiger partial charge in [0.2, 0.25) is 11.8 Å². The first-order valence-corrected chi connectivity index (χ1v) is 12.9. The van der Waals surface area contributed by atoms with Gasteiger partial charge < -0.3 is 20.3 Å². The van der Waals surface area contributed by atoms with Gasteiger partial charge in [-0.1, -0.05) is 70.0 Å². The van der Waals surface area contributed by atoms with Crippen LogP contribution in [0.3, 0.4) is 0 Å². The fourth-order valence-corrected chi connectivity index (χ4v) is 4.44. The van der Waals surface area contributed by atoms with Gasteiger partial charge in [-0.3, -0.25) is 9.59 Å². The van der Waals surface area contributed by atoms with E-state index in [0.29, 0.717) is 5.56 Å².